The monoisotopic (exact) mass is 350 g/mol. The Hall–Kier alpha value is -0.870. The van der Waals surface area contributed by atoms with E-state index in [2.05, 4.69) is 13.5 Å². The molecule has 1 aliphatic heterocycles. The highest BCUT2D eigenvalue weighted by Gasteiger charge is 2.57. The minimum atomic E-state index is -0.609. The Kier molecular flexibility index (Phi) is 5.32. The van der Waals surface area contributed by atoms with Gasteiger partial charge in [-0.3, -0.25) is 4.79 Å². The van der Waals surface area contributed by atoms with Crippen LogP contribution in [0, 0.1) is 28.6 Å². The minimum Gasteiger partial charge on any atom is -0.481 e. The van der Waals surface area contributed by atoms with Crippen molar-refractivity contribution in [1.29, 1.82) is 0 Å². The predicted octanol–water partition coefficient (Wildman–Crippen LogP) is 4.64. The predicted molar refractivity (Wildman–Crippen MR) is 97.1 cm³/mol. The molecule has 1 N–H and O–H groups in total. The molecule has 3 aliphatic rings. The topological polar surface area (TPSA) is 55.8 Å². The standard InChI is InChI=1S/C21H34O4/c1-14-6-9-17-20(2,10-5-11-21(17,3)19(22)23)16(14)8-7-15-12-18(24-4)25-13-15/h15-18H,1,5-13H2,2-4H3,(H,22,23)/t15-,16-,17+,18-,20+,21+/m1/s1. The second-order valence-electron chi connectivity index (χ2n) is 9.06. The molecule has 142 valence electrons. The first-order valence-corrected chi connectivity index (χ1v) is 9.86. The van der Waals surface area contributed by atoms with Crippen LogP contribution in [0.5, 0.6) is 0 Å². The number of hydrogen-bond acceptors (Lipinski definition) is 3. The first kappa shape index (κ1) is 18.9. The number of carboxylic acid groups (broad SMARTS) is 1. The van der Waals surface area contributed by atoms with Crippen molar-refractivity contribution in [3.8, 4) is 0 Å². The molecule has 6 atom stereocenters. The van der Waals surface area contributed by atoms with Crippen molar-refractivity contribution >= 4 is 5.97 Å². The Morgan fingerprint density at radius 1 is 1.36 bits per heavy atom. The number of allylic oxidation sites excluding steroid dienone is 1. The zero-order valence-electron chi connectivity index (χ0n) is 16.1. The van der Waals surface area contributed by atoms with Crippen LogP contribution in [-0.4, -0.2) is 31.1 Å². The number of methoxy groups -OCH3 is 1. The lowest BCUT2D eigenvalue weighted by molar-refractivity contribution is -0.164. The summed E-state index contributed by atoms with van der Waals surface area (Å²) in [5, 5.41) is 9.91. The molecule has 1 heterocycles. The molecule has 2 saturated carbocycles. The van der Waals surface area contributed by atoms with Gasteiger partial charge in [0.15, 0.2) is 6.29 Å². The second kappa shape index (κ2) is 7.03. The van der Waals surface area contributed by atoms with Gasteiger partial charge >= 0.3 is 5.97 Å². The first-order chi connectivity index (χ1) is 11.8. The first-order valence-electron chi connectivity index (χ1n) is 9.86. The van der Waals surface area contributed by atoms with Gasteiger partial charge in [-0.1, -0.05) is 25.5 Å². The summed E-state index contributed by atoms with van der Waals surface area (Å²) >= 11 is 0. The van der Waals surface area contributed by atoms with E-state index in [1.54, 1.807) is 7.11 Å². The van der Waals surface area contributed by atoms with Gasteiger partial charge in [-0.2, -0.15) is 0 Å². The van der Waals surface area contributed by atoms with Gasteiger partial charge in [0.1, 0.15) is 0 Å². The van der Waals surface area contributed by atoms with Crippen molar-refractivity contribution in [2.24, 2.45) is 28.6 Å². The van der Waals surface area contributed by atoms with Crippen molar-refractivity contribution in [1.82, 2.24) is 0 Å². The van der Waals surface area contributed by atoms with Gasteiger partial charge in [-0.15, -0.1) is 0 Å². The van der Waals surface area contributed by atoms with E-state index in [4.69, 9.17) is 9.47 Å². The highest BCUT2D eigenvalue weighted by Crippen LogP contribution is 2.62. The molecule has 25 heavy (non-hydrogen) atoms. The number of carboxylic acids is 1. The molecule has 0 aromatic rings. The molecule has 0 amide bonds. The van der Waals surface area contributed by atoms with Gasteiger partial charge in [0, 0.05) is 13.5 Å². The van der Waals surface area contributed by atoms with E-state index >= 15 is 0 Å². The van der Waals surface area contributed by atoms with Gasteiger partial charge in [0.25, 0.3) is 0 Å². The summed E-state index contributed by atoms with van der Waals surface area (Å²) in [6.07, 6.45) is 8.07. The molecule has 3 rings (SSSR count). The number of hydrogen-bond donors (Lipinski definition) is 1. The van der Waals surface area contributed by atoms with Gasteiger partial charge in [0.2, 0.25) is 0 Å². The van der Waals surface area contributed by atoms with E-state index in [-0.39, 0.29) is 17.6 Å². The third kappa shape index (κ3) is 3.28. The minimum absolute atomic E-state index is 0.0483. The summed E-state index contributed by atoms with van der Waals surface area (Å²) in [6.45, 7) is 9.51. The van der Waals surface area contributed by atoms with Gasteiger partial charge in [-0.05, 0) is 68.6 Å². The van der Waals surface area contributed by atoms with E-state index in [0.717, 1.165) is 58.0 Å². The van der Waals surface area contributed by atoms with E-state index < -0.39 is 11.4 Å². The quantitative estimate of drug-likeness (QED) is 0.734. The number of rotatable bonds is 5. The van der Waals surface area contributed by atoms with Crippen LogP contribution in [0.3, 0.4) is 0 Å². The Balaban J connectivity index is 1.74. The average molecular weight is 350 g/mol. The zero-order valence-corrected chi connectivity index (χ0v) is 16.1. The zero-order chi connectivity index (χ0) is 18.2. The third-order valence-corrected chi connectivity index (χ3v) is 7.68. The summed E-state index contributed by atoms with van der Waals surface area (Å²) in [6, 6.07) is 0. The van der Waals surface area contributed by atoms with E-state index in [1.807, 2.05) is 6.92 Å². The number of carbonyl (C=O) groups is 1. The number of ether oxygens (including phenoxy) is 2. The fourth-order valence-electron chi connectivity index (χ4n) is 6.16. The van der Waals surface area contributed by atoms with Crippen LogP contribution in [0.1, 0.15) is 65.2 Å². The van der Waals surface area contributed by atoms with Crippen molar-refractivity contribution < 1.29 is 19.4 Å². The third-order valence-electron chi connectivity index (χ3n) is 7.68. The maximum absolute atomic E-state index is 12.0. The normalized spacial score (nSPS) is 44.5. The SMILES string of the molecule is C=C1CC[C@H]2[C@@](C)(CCC[C@]2(C)C(=O)O)[C@@H]1CC[C@H]1CO[C@@H](OC)C1. The molecule has 0 spiro atoms. The summed E-state index contributed by atoms with van der Waals surface area (Å²) < 4.78 is 11.0. The molecule has 3 fully saturated rings. The maximum Gasteiger partial charge on any atom is 0.309 e. The molecule has 4 nitrogen and oxygen atoms in total. The second-order valence-corrected chi connectivity index (χ2v) is 9.06. The van der Waals surface area contributed by atoms with Crippen LogP contribution >= 0.6 is 0 Å². The van der Waals surface area contributed by atoms with E-state index in [0.29, 0.717) is 11.8 Å². The molecule has 0 aromatic carbocycles. The van der Waals surface area contributed by atoms with Gasteiger partial charge < -0.3 is 14.6 Å². The van der Waals surface area contributed by atoms with Crippen molar-refractivity contribution in [2.45, 2.75) is 71.5 Å². The average Bonchev–Trinajstić information content (AvgIpc) is 3.02. The molecule has 2 aliphatic carbocycles. The molecular weight excluding hydrogens is 316 g/mol. The molecule has 1 saturated heterocycles. The Labute approximate surface area is 152 Å². The Morgan fingerprint density at radius 3 is 2.76 bits per heavy atom. The highest BCUT2D eigenvalue weighted by molar-refractivity contribution is 5.75. The summed E-state index contributed by atoms with van der Waals surface area (Å²) in [5.41, 5.74) is 0.834. The molecule has 0 radical (unpaired) electrons. The maximum atomic E-state index is 12.0. The van der Waals surface area contributed by atoms with Crippen molar-refractivity contribution in [3.05, 3.63) is 12.2 Å². The summed E-state index contributed by atoms with van der Waals surface area (Å²) in [7, 11) is 1.70. The molecule has 0 aromatic heterocycles. The van der Waals surface area contributed by atoms with Crippen molar-refractivity contribution in [3.63, 3.8) is 0 Å². The highest BCUT2D eigenvalue weighted by atomic mass is 16.7. The lowest BCUT2D eigenvalue weighted by Crippen LogP contribution is -2.53. The van der Waals surface area contributed by atoms with E-state index in [9.17, 15) is 9.90 Å². The van der Waals surface area contributed by atoms with Crippen LogP contribution in [0.4, 0.5) is 0 Å². The molecule has 0 bridgehead atoms. The molecule has 4 heteroatoms. The Bertz CT molecular complexity index is 530. The summed E-state index contributed by atoms with van der Waals surface area (Å²) in [5.74, 6) is 0.637. The van der Waals surface area contributed by atoms with Crippen LogP contribution in [-0.2, 0) is 14.3 Å². The van der Waals surface area contributed by atoms with Gasteiger partial charge in [-0.25, -0.2) is 0 Å². The lowest BCUT2D eigenvalue weighted by atomic mass is 9.46. The fraction of sp³-hybridized carbons (Fsp3) is 0.857. The molecular formula is C21H34O4. The summed E-state index contributed by atoms with van der Waals surface area (Å²) in [4.78, 5) is 12.0. The lowest BCUT2D eigenvalue weighted by Gasteiger charge is -2.57. The number of fused-ring (bicyclic) bond motifs is 1. The molecule has 0 unspecified atom stereocenters. The van der Waals surface area contributed by atoms with E-state index in [1.165, 1.54) is 5.57 Å². The van der Waals surface area contributed by atoms with Crippen molar-refractivity contribution in [2.75, 3.05) is 13.7 Å². The smallest absolute Gasteiger partial charge is 0.309 e. The fourth-order valence-corrected chi connectivity index (χ4v) is 6.16. The Morgan fingerprint density at radius 2 is 2.12 bits per heavy atom. The van der Waals surface area contributed by atoms with Crippen LogP contribution in [0.25, 0.3) is 0 Å². The van der Waals surface area contributed by atoms with Crippen LogP contribution in [0.2, 0.25) is 0 Å². The van der Waals surface area contributed by atoms with Crippen LogP contribution in [0.15, 0.2) is 12.2 Å². The number of aliphatic carboxylic acids is 1. The van der Waals surface area contributed by atoms with Gasteiger partial charge in [0.05, 0.1) is 12.0 Å². The van der Waals surface area contributed by atoms with Crippen LogP contribution < -0.4 is 0 Å². The largest absolute Gasteiger partial charge is 0.481 e.